The maximum atomic E-state index is 5.64. The van der Waals surface area contributed by atoms with Gasteiger partial charge in [0.25, 0.3) is 0 Å². The molecule has 79 heavy (non-hydrogen) atoms. The molecule has 2 aromatic heterocycles. The molecular formula is C62H113N15O2. The molecule has 6 aliphatic rings. The number of nitrogens with one attached hydrogen (secondary N) is 3. The summed E-state index contributed by atoms with van der Waals surface area (Å²) in [6.45, 7) is 23.1. The molecule has 8 rings (SSSR count). The molecule has 448 valence electrons. The second kappa shape index (κ2) is 30.3. The minimum Gasteiger partial charge on any atom is -0.385 e. The van der Waals surface area contributed by atoms with Crippen molar-refractivity contribution in [2.24, 2.45) is 11.8 Å². The van der Waals surface area contributed by atoms with Crippen molar-refractivity contribution < 1.29 is 9.47 Å². The van der Waals surface area contributed by atoms with Crippen molar-refractivity contribution >= 4 is 35.7 Å². The number of methoxy groups -OCH3 is 2. The molecule has 4 saturated carbocycles. The molecule has 6 fully saturated rings. The van der Waals surface area contributed by atoms with E-state index in [1.807, 2.05) is 14.2 Å². The van der Waals surface area contributed by atoms with E-state index < -0.39 is 0 Å². The van der Waals surface area contributed by atoms with Gasteiger partial charge in [0.05, 0.1) is 0 Å². The average molecular weight is 1100 g/mol. The number of aromatic nitrogens is 6. The molecule has 4 unspecified atom stereocenters. The molecule has 0 spiro atoms. The van der Waals surface area contributed by atoms with Gasteiger partial charge in [-0.2, -0.15) is 29.9 Å². The third-order valence-electron chi connectivity index (χ3n) is 20.9. The standard InChI is InChI=1S/C62H113N15O2/c1-47-53(35-43-72(7)61(47,3)4)74(41-25-45-78-9)57-66-55(68-59(70-57)76(49-27-15-11-16-28-49)50-29-17-12-18-30-50)64-39-23-37-63-38-24-40-65-56-67-58(75(42-26-46-79-10)54-36-44-73(8)62(5,6)48(54)2)71-60(69-56)77(51-31-19-13-20-32-51)52-33-21-14-22-34-52/h47-54,63H,11-46H2,1-10H3,(H,64,66,68,70)(H,65,67,69,71). The van der Waals surface area contributed by atoms with E-state index >= 15 is 0 Å². The highest BCUT2D eigenvalue weighted by atomic mass is 16.5. The van der Waals surface area contributed by atoms with E-state index in [-0.39, 0.29) is 11.1 Å². The van der Waals surface area contributed by atoms with Gasteiger partial charge < -0.3 is 54.8 Å². The fraction of sp³-hybridized carbons (Fsp3) is 0.903. The average Bonchev–Trinajstić information content (AvgIpc) is 3.54. The van der Waals surface area contributed by atoms with Crippen LogP contribution in [0.4, 0.5) is 35.7 Å². The van der Waals surface area contributed by atoms with Crippen LogP contribution in [-0.4, -0.2) is 181 Å². The fourth-order valence-corrected chi connectivity index (χ4v) is 14.8. The Hall–Kier alpha value is -3.38. The minimum absolute atomic E-state index is 0.0532. The Morgan fingerprint density at radius 3 is 1.10 bits per heavy atom. The number of anilines is 6. The lowest BCUT2D eigenvalue weighted by Gasteiger charge is -2.52. The highest BCUT2D eigenvalue weighted by Crippen LogP contribution is 2.41. The topological polar surface area (TPSA) is 151 Å². The first-order chi connectivity index (χ1) is 38.3. The molecule has 3 N–H and O–H groups in total. The summed E-state index contributed by atoms with van der Waals surface area (Å²) in [6, 6.07) is 2.56. The predicted octanol–water partition coefficient (Wildman–Crippen LogP) is 10.8. The van der Waals surface area contributed by atoms with Crippen LogP contribution in [0.15, 0.2) is 0 Å². The maximum Gasteiger partial charge on any atom is 0.232 e. The van der Waals surface area contributed by atoms with Gasteiger partial charge in [-0.15, -0.1) is 0 Å². The van der Waals surface area contributed by atoms with Crippen LogP contribution in [0.25, 0.3) is 0 Å². The lowest BCUT2D eigenvalue weighted by atomic mass is 9.76. The monoisotopic (exact) mass is 1100 g/mol. The van der Waals surface area contributed by atoms with Crippen molar-refractivity contribution in [3.63, 3.8) is 0 Å². The summed E-state index contributed by atoms with van der Waals surface area (Å²) < 4.78 is 11.3. The lowest BCUT2D eigenvalue weighted by molar-refractivity contribution is 0.0371. The van der Waals surface area contributed by atoms with Crippen LogP contribution < -0.4 is 35.6 Å². The molecular weight excluding hydrogens is 987 g/mol. The molecule has 17 heteroatoms. The summed E-state index contributed by atoms with van der Waals surface area (Å²) in [6.07, 6.45) is 31.3. The molecule has 4 aliphatic carbocycles. The smallest absolute Gasteiger partial charge is 0.232 e. The number of likely N-dealkylation sites (tertiary alicyclic amines) is 2. The van der Waals surface area contributed by atoms with Crippen molar-refractivity contribution in [1.29, 1.82) is 0 Å². The summed E-state index contributed by atoms with van der Waals surface area (Å²) in [4.78, 5) is 48.1. The Labute approximate surface area is 480 Å². The van der Waals surface area contributed by atoms with Gasteiger partial charge in [-0.25, -0.2) is 0 Å². The van der Waals surface area contributed by atoms with Crippen molar-refractivity contribution in [1.82, 2.24) is 45.0 Å². The van der Waals surface area contributed by atoms with Crippen LogP contribution in [0.1, 0.15) is 208 Å². The van der Waals surface area contributed by atoms with E-state index in [0.29, 0.717) is 73.2 Å². The first-order valence-corrected chi connectivity index (χ1v) is 32.5. The van der Waals surface area contributed by atoms with Gasteiger partial charge in [0, 0.05) is 114 Å². The van der Waals surface area contributed by atoms with E-state index in [9.17, 15) is 0 Å². The molecule has 0 radical (unpaired) electrons. The van der Waals surface area contributed by atoms with Crippen LogP contribution in [0.3, 0.4) is 0 Å². The lowest BCUT2D eigenvalue weighted by Crippen LogP contribution is -2.60. The normalized spacial score (nSPS) is 25.0. The number of ether oxygens (including phenoxy) is 2. The van der Waals surface area contributed by atoms with E-state index in [0.717, 1.165) is 115 Å². The zero-order chi connectivity index (χ0) is 55.8. The highest BCUT2D eigenvalue weighted by molar-refractivity contribution is 5.49. The van der Waals surface area contributed by atoms with Gasteiger partial charge >= 0.3 is 0 Å². The van der Waals surface area contributed by atoms with E-state index in [2.05, 4.69) is 101 Å². The summed E-state index contributed by atoms with van der Waals surface area (Å²) in [7, 11) is 8.19. The second-order valence-corrected chi connectivity index (χ2v) is 26.3. The third kappa shape index (κ3) is 16.0. The summed E-state index contributed by atoms with van der Waals surface area (Å²) >= 11 is 0. The van der Waals surface area contributed by atoms with Gasteiger partial charge in [0.15, 0.2) is 0 Å². The molecule has 0 amide bonds. The number of rotatable bonds is 28. The van der Waals surface area contributed by atoms with Crippen molar-refractivity contribution in [2.75, 3.05) is 124 Å². The quantitative estimate of drug-likeness (QED) is 0.0693. The second-order valence-electron chi connectivity index (χ2n) is 26.3. The largest absolute Gasteiger partial charge is 0.385 e. The molecule has 4 atom stereocenters. The first-order valence-electron chi connectivity index (χ1n) is 32.5. The van der Waals surface area contributed by atoms with Crippen LogP contribution in [0.5, 0.6) is 0 Å². The van der Waals surface area contributed by atoms with Crippen LogP contribution in [-0.2, 0) is 9.47 Å². The van der Waals surface area contributed by atoms with Gasteiger partial charge in [-0.1, -0.05) is 90.9 Å². The SMILES string of the molecule is COCCCN(c1nc(NCCCNCCCNc2nc(N(CCCOC)C3CCN(C)C(C)(C)C3C)nc(N(C3CCCCC3)C3CCCCC3)n2)nc(N(C2CCCCC2)C2CCCCC2)n1)C1CCN(C)C(C)(C)C1C. The van der Waals surface area contributed by atoms with Crippen molar-refractivity contribution in [2.45, 2.75) is 256 Å². The zero-order valence-corrected chi connectivity index (χ0v) is 51.8. The molecule has 0 aromatic carbocycles. The summed E-state index contributed by atoms with van der Waals surface area (Å²) in [5, 5.41) is 11.3. The van der Waals surface area contributed by atoms with Crippen molar-refractivity contribution in [3.8, 4) is 0 Å². The van der Waals surface area contributed by atoms with Gasteiger partial charge in [0.2, 0.25) is 35.7 Å². The Morgan fingerprint density at radius 1 is 0.443 bits per heavy atom. The predicted molar refractivity (Wildman–Crippen MR) is 327 cm³/mol. The summed E-state index contributed by atoms with van der Waals surface area (Å²) in [5.74, 6) is 5.70. The molecule has 2 aromatic rings. The Bertz CT molecular complexity index is 1890. The molecule has 4 heterocycles. The van der Waals surface area contributed by atoms with E-state index in [1.165, 1.54) is 128 Å². The molecule has 2 aliphatic heterocycles. The number of piperidine rings is 2. The van der Waals surface area contributed by atoms with Gasteiger partial charge in [-0.05, 0) is 157 Å². The van der Waals surface area contributed by atoms with Crippen molar-refractivity contribution in [3.05, 3.63) is 0 Å². The Morgan fingerprint density at radius 2 is 0.772 bits per heavy atom. The van der Waals surface area contributed by atoms with E-state index in [1.54, 1.807) is 0 Å². The fourth-order valence-electron chi connectivity index (χ4n) is 14.8. The number of nitrogens with zero attached hydrogens (tertiary/aromatic N) is 12. The Kier molecular flexibility index (Phi) is 23.6. The Balaban J connectivity index is 0.957. The number of hydrogen-bond acceptors (Lipinski definition) is 17. The van der Waals surface area contributed by atoms with Gasteiger partial charge in [0.1, 0.15) is 0 Å². The minimum atomic E-state index is 0.0532. The zero-order valence-electron chi connectivity index (χ0n) is 51.8. The van der Waals surface area contributed by atoms with E-state index in [4.69, 9.17) is 39.4 Å². The van der Waals surface area contributed by atoms with Crippen LogP contribution in [0, 0.1) is 11.8 Å². The molecule has 2 saturated heterocycles. The van der Waals surface area contributed by atoms with Crippen LogP contribution >= 0.6 is 0 Å². The molecule has 17 nitrogen and oxygen atoms in total. The molecule has 0 bridgehead atoms. The highest BCUT2D eigenvalue weighted by Gasteiger charge is 2.45. The first kappa shape index (κ1) is 61.7. The van der Waals surface area contributed by atoms with Crippen LogP contribution in [0.2, 0.25) is 0 Å². The van der Waals surface area contributed by atoms with Gasteiger partial charge in [-0.3, -0.25) is 0 Å². The third-order valence-corrected chi connectivity index (χ3v) is 20.9. The summed E-state index contributed by atoms with van der Waals surface area (Å²) in [5.41, 5.74) is 0.106. The number of hydrogen-bond donors (Lipinski definition) is 3. The maximum absolute atomic E-state index is 5.64.